The van der Waals surface area contributed by atoms with E-state index in [1.165, 1.54) is 52.9 Å². The summed E-state index contributed by atoms with van der Waals surface area (Å²) in [5.74, 6) is -2.11. The summed E-state index contributed by atoms with van der Waals surface area (Å²) in [7, 11) is 0. The van der Waals surface area contributed by atoms with Crippen LogP contribution >= 0.6 is 11.3 Å². The van der Waals surface area contributed by atoms with E-state index in [2.05, 4.69) is 9.97 Å². The summed E-state index contributed by atoms with van der Waals surface area (Å²) in [6, 6.07) is 14.8. The first kappa shape index (κ1) is 20.5. The molecule has 1 unspecified atom stereocenters. The minimum Gasteiger partial charge on any atom is -0.507 e. The number of aliphatic hydroxyl groups excluding tert-OH is 1. The Balaban J connectivity index is 1.70. The van der Waals surface area contributed by atoms with Crippen LogP contribution in [0.2, 0.25) is 0 Å². The number of nitro benzene ring substituents is 1. The zero-order valence-corrected chi connectivity index (χ0v) is 17.6. The lowest BCUT2D eigenvalue weighted by atomic mass is 9.96. The molecule has 0 saturated carbocycles. The number of aromatic nitrogens is 2. The predicted molar refractivity (Wildman–Crippen MR) is 122 cm³/mol. The largest absolute Gasteiger partial charge is 0.507 e. The minimum absolute atomic E-state index is 0.126. The number of carbonyl (C=O) groups is 2. The maximum absolute atomic E-state index is 13.1. The second-order valence-corrected chi connectivity index (χ2v) is 8.23. The van der Waals surface area contributed by atoms with Gasteiger partial charge in [0.15, 0.2) is 5.13 Å². The first-order valence-corrected chi connectivity index (χ1v) is 10.6. The van der Waals surface area contributed by atoms with E-state index in [1.807, 2.05) is 24.3 Å². The summed E-state index contributed by atoms with van der Waals surface area (Å²) < 4.78 is 0.846. The second kappa shape index (κ2) is 7.92. The highest BCUT2D eigenvalue weighted by atomic mass is 32.1. The van der Waals surface area contributed by atoms with Crippen LogP contribution in [-0.4, -0.2) is 31.7 Å². The van der Waals surface area contributed by atoms with E-state index < -0.39 is 28.4 Å². The molecule has 33 heavy (non-hydrogen) atoms. The molecule has 1 saturated heterocycles. The lowest BCUT2D eigenvalue weighted by Gasteiger charge is -2.22. The average Bonchev–Trinajstić information content (AvgIpc) is 3.38. The van der Waals surface area contributed by atoms with Gasteiger partial charge in [0, 0.05) is 30.1 Å². The number of nitrogens with zero attached hydrogens (tertiary/aromatic N) is 4. The van der Waals surface area contributed by atoms with Crippen LogP contribution in [-0.2, 0) is 9.59 Å². The van der Waals surface area contributed by atoms with E-state index in [0.717, 1.165) is 4.70 Å². The van der Waals surface area contributed by atoms with Crippen molar-refractivity contribution in [1.29, 1.82) is 0 Å². The van der Waals surface area contributed by atoms with Crippen LogP contribution in [0.4, 0.5) is 10.8 Å². The topological polar surface area (TPSA) is 127 Å². The number of fused-ring (bicyclic) bond motifs is 1. The molecule has 5 rings (SSSR count). The van der Waals surface area contributed by atoms with Gasteiger partial charge in [-0.1, -0.05) is 23.5 Å². The van der Waals surface area contributed by atoms with Crippen LogP contribution in [0.1, 0.15) is 17.2 Å². The van der Waals surface area contributed by atoms with Crippen molar-refractivity contribution >= 4 is 49.8 Å². The average molecular weight is 458 g/mol. The van der Waals surface area contributed by atoms with Crippen LogP contribution in [0, 0.1) is 10.1 Å². The molecule has 4 aromatic rings. The van der Waals surface area contributed by atoms with Gasteiger partial charge < -0.3 is 5.11 Å². The van der Waals surface area contributed by atoms with Crippen molar-refractivity contribution in [3.63, 3.8) is 0 Å². The standard InChI is InChI=1S/C23H14N4O5S/c28-20(14-5-7-15(8-6-14)27(31)32)18-19(13-9-11-24-12-10-13)26(22(30)21(18)29)23-25-16-3-1-2-4-17(16)33-23/h1-12,19,28H/b20-18+. The summed E-state index contributed by atoms with van der Waals surface area (Å²) in [6.45, 7) is 0. The number of ketones is 1. The first-order chi connectivity index (χ1) is 16.0. The molecule has 1 aliphatic rings. The van der Waals surface area contributed by atoms with E-state index in [1.54, 1.807) is 12.1 Å². The summed E-state index contributed by atoms with van der Waals surface area (Å²) in [6.07, 6.45) is 3.05. The number of Topliss-reactive ketones (excluding diaryl/α,β-unsaturated/α-hetero) is 1. The first-order valence-electron chi connectivity index (χ1n) is 9.77. The Kier molecular flexibility index (Phi) is 4.91. The van der Waals surface area contributed by atoms with Gasteiger partial charge in [-0.3, -0.25) is 29.6 Å². The van der Waals surface area contributed by atoms with Crippen molar-refractivity contribution in [2.75, 3.05) is 4.90 Å². The third kappa shape index (κ3) is 3.42. The Morgan fingerprint density at radius 3 is 2.39 bits per heavy atom. The number of pyridine rings is 1. The fraction of sp³-hybridized carbons (Fsp3) is 0.0435. The van der Waals surface area contributed by atoms with E-state index in [0.29, 0.717) is 16.2 Å². The maximum atomic E-state index is 13.1. The highest BCUT2D eigenvalue weighted by Crippen LogP contribution is 2.44. The molecular formula is C23H14N4O5S. The molecule has 3 heterocycles. The van der Waals surface area contributed by atoms with Crippen LogP contribution in [0.25, 0.3) is 16.0 Å². The van der Waals surface area contributed by atoms with E-state index in [9.17, 15) is 24.8 Å². The highest BCUT2D eigenvalue weighted by Gasteiger charge is 2.48. The lowest BCUT2D eigenvalue weighted by Crippen LogP contribution is -2.29. The number of amides is 1. The zero-order chi connectivity index (χ0) is 23.1. The van der Waals surface area contributed by atoms with Crippen molar-refractivity contribution in [1.82, 2.24) is 9.97 Å². The number of benzene rings is 2. The van der Waals surface area contributed by atoms with Gasteiger partial charge in [-0.05, 0) is 42.0 Å². The summed E-state index contributed by atoms with van der Waals surface area (Å²) in [4.78, 5) is 46.5. The van der Waals surface area contributed by atoms with E-state index >= 15 is 0 Å². The Morgan fingerprint density at radius 1 is 1.03 bits per heavy atom. The van der Waals surface area contributed by atoms with Gasteiger partial charge in [-0.15, -0.1) is 0 Å². The SMILES string of the molecule is O=C1C(=O)N(c2nc3ccccc3s2)C(c2ccncc2)/C1=C(\O)c1ccc([N+](=O)[O-])cc1. The van der Waals surface area contributed by atoms with Gasteiger partial charge in [0.2, 0.25) is 0 Å². The van der Waals surface area contributed by atoms with Gasteiger partial charge in [0.25, 0.3) is 11.5 Å². The monoisotopic (exact) mass is 458 g/mol. The number of anilines is 1. The quantitative estimate of drug-likeness (QED) is 0.159. The van der Waals surface area contributed by atoms with Gasteiger partial charge >= 0.3 is 5.91 Å². The molecule has 1 amide bonds. The number of hydrogen-bond donors (Lipinski definition) is 1. The number of rotatable bonds is 4. The van der Waals surface area contributed by atoms with Crippen LogP contribution in [0.3, 0.4) is 0 Å². The lowest BCUT2D eigenvalue weighted by molar-refractivity contribution is -0.384. The van der Waals surface area contributed by atoms with E-state index in [-0.39, 0.29) is 16.8 Å². The maximum Gasteiger partial charge on any atom is 0.301 e. The van der Waals surface area contributed by atoms with Crippen molar-refractivity contribution in [2.24, 2.45) is 0 Å². The molecule has 1 N–H and O–H groups in total. The fourth-order valence-corrected chi connectivity index (χ4v) is 4.74. The van der Waals surface area contributed by atoms with Gasteiger partial charge in [0.1, 0.15) is 5.76 Å². The third-order valence-electron chi connectivity index (χ3n) is 5.31. The molecule has 0 radical (unpaired) electrons. The minimum atomic E-state index is -0.941. The second-order valence-electron chi connectivity index (χ2n) is 7.22. The summed E-state index contributed by atoms with van der Waals surface area (Å²) >= 11 is 1.26. The molecule has 1 fully saturated rings. The van der Waals surface area contributed by atoms with Crippen LogP contribution in [0.5, 0.6) is 0 Å². The number of carbonyl (C=O) groups excluding carboxylic acids is 2. The molecule has 10 heteroatoms. The Bertz CT molecular complexity index is 1410. The number of thiazole rings is 1. The Labute approximate surface area is 190 Å². The summed E-state index contributed by atoms with van der Waals surface area (Å²) in [5.41, 5.74) is 1.14. The molecule has 162 valence electrons. The zero-order valence-electron chi connectivity index (χ0n) is 16.8. The highest BCUT2D eigenvalue weighted by molar-refractivity contribution is 7.22. The summed E-state index contributed by atoms with van der Waals surface area (Å²) in [5, 5.41) is 22.3. The van der Waals surface area contributed by atoms with Crippen LogP contribution in [0.15, 0.2) is 78.6 Å². The molecule has 2 aromatic heterocycles. The molecular weight excluding hydrogens is 444 g/mol. The van der Waals surface area contributed by atoms with Crippen LogP contribution < -0.4 is 4.90 Å². The molecule has 1 atom stereocenters. The predicted octanol–water partition coefficient (Wildman–Crippen LogP) is 4.23. The smallest absolute Gasteiger partial charge is 0.301 e. The Hall–Kier alpha value is -4.44. The fourth-order valence-electron chi connectivity index (χ4n) is 3.75. The van der Waals surface area contributed by atoms with Gasteiger partial charge in [-0.2, -0.15) is 0 Å². The molecule has 0 aliphatic carbocycles. The number of non-ortho nitro benzene ring substituents is 1. The molecule has 0 bridgehead atoms. The van der Waals surface area contributed by atoms with Gasteiger partial charge in [-0.25, -0.2) is 4.98 Å². The number of para-hydroxylation sites is 1. The molecule has 0 spiro atoms. The number of hydrogen-bond acceptors (Lipinski definition) is 8. The molecule has 2 aromatic carbocycles. The Morgan fingerprint density at radius 2 is 1.73 bits per heavy atom. The third-order valence-corrected chi connectivity index (χ3v) is 6.34. The van der Waals surface area contributed by atoms with Crippen molar-refractivity contribution < 1.29 is 19.6 Å². The number of nitro groups is 1. The number of aliphatic hydroxyl groups is 1. The van der Waals surface area contributed by atoms with Crippen molar-refractivity contribution in [3.8, 4) is 0 Å². The molecule has 9 nitrogen and oxygen atoms in total. The van der Waals surface area contributed by atoms with E-state index in [4.69, 9.17) is 0 Å². The van der Waals surface area contributed by atoms with Gasteiger partial charge in [0.05, 0.1) is 26.8 Å². The van der Waals surface area contributed by atoms with Crippen molar-refractivity contribution in [2.45, 2.75) is 6.04 Å². The normalized spacial score (nSPS) is 17.6. The molecule has 1 aliphatic heterocycles. The van der Waals surface area contributed by atoms with Crippen molar-refractivity contribution in [3.05, 3.63) is 99.9 Å².